The first kappa shape index (κ1) is 15.3. The topological polar surface area (TPSA) is 44.1 Å². The van der Waals surface area contributed by atoms with Gasteiger partial charge in [-0.1, -0.05) is 25.5 Å². The van der Waals surface area contributed by atoms with Gasteiger partial charge in [0.15, 0.2) is 6.29 Å². The molecule has 2 rings (SSSR count). The van der Waals surface area contributed by atoms with E-state index < -0.39 is 0 Å². The highest BCUT2D eigenvalue weighted by Crippen LogP contribution is 2.32. The third-order valence-corrected chi connectivity index (χ3v) is 3.81. The van der Waals surface area contributed by atoms with Gasteiger partial charge >= 0.3 is 0 Å². The summed E-state index contributed by atoms with van der Waals surface area (Å²) in [5.74, 6) is 0.735. The van der Waals surface area contributed by atoms with Gasteiger partial charge in [-0.05, 0) is 31.9 Å². The van der Waals surface area contributed by atoms with E-state index in [0.717, 1.165) is 36.0 Å². The summed E-state index contributed by atoms with van der Waals surface area (Å²) in [6, 6.07) is 6.22. The van der Waals surface area contributed by atoms with Crippen molar-refractivity contribution in [3.05, 3.63) is 35.5 Å². The first-order chi connectivity index (χ1) is 10.1. The summed E-state index contributed by atoms with van der Waals surface area (Å²) in [7, 11) is 1.63. The number of aromatic nitrogens is 2. The fourth-order valence-electron chi connectivity index (χ4n) is 2.56. The van der Waals surface area contributed by atoms with Gasteiger partial charge in [0, 0.05) is 11.8 Å². The number of aryl methyl sites for hydroxylation is 1. The van der Waals surface area contributed by atoms with Crippen molar-refractivity contribution in [2.75, 3.05) is 7.11 Å². The van der Waals surface area contributed by atoms with Gasteiger partial charge in [0.2, 0.25) is 0 Å². The van der Waals surface area contributed by atoms with E-state index in [2.05, 4.69) is 18.9 Å². The molecule has 0 aliphatic carbocycles. The second kappa shape index (κ2) is 6.57. The lowest BCUT2D eigenvalue weighted by Gasteiger charge is -2.12. The molecule has 112 valence electrons. The summed E-state index contributed by atoms with van der Waals surface area (Å²) < 4.78 is 7.32. The van der Waals surface area contributed by atoms with E-state index in [4.69, 9.17) is 4.74 Å². The Hall–Kier alpha value is -2.10. The van der Waals surface area contributed by atoms with Crippen LogP contribution in [0.15, 0.2) is 24.4 Å². The molecule has 0 aliphatic rings. The Morgan fingerprint density at radius 3 is 2.62 bits per heavy atom. The summed E-state index contributed by atoms with van der Waals surface area (Å²) in [5.41, 5.74) is 3.27. The molecule has 4 heteroatoms. The molecule has 0 N–H and O–H groups in total. The largest absolute Gasteiger partial charge is 0.496 e. The smallest absolute Gasteiger partial charge is 0.153 e. The van der Waals surface area contributed by atoms with E-state index in [0.29, 0.717) is 17.3 Å². The van der Waals surface area contributed by atoms with Crippen LogP contribution in [0.2, 0.25) is 0 Å². The Kier molecular flexibility index (Phi) is 4.78. The van der Waals surface area contributed by atoms with Crippen LogP contribution in [0, 0.1) is 6.92 Å². The molecule has 0 unspecified atom stereocenters. The van der Waals surface area contributed by atoms with Crippen LogP contribution in [-0.4, -0.2) is 23.2 Å². The molecular formula is C17H22N2O2. The minimum absolute atomic E-state index is 0.313. The number of carbonyl (C=O) groups is 1. The number of aldehydes is 1. The minimum Gasteiger partial charge on any atom is -0.496 e. The third-order valence-electron chi connectivity index (χ3n) is 3.81. The monoisotopic (exact) mass is 286 g/mol. The van der Waals surface area contributed by atoms with Gasteiger partial charge in [-0.15, -0.1) is 0 Å². The Labute approximate surface area is 125 Å². The standard InChI is InChI=1S/C17H22N2O2/c1-5-14(6-2)19-10-13(11-20)17(18-19)15-9-12(3)7-8-16(15)21-4/h7-11,14H,5-6H2,1-4H3. The van der Waals surface area contributed by atoms with Crippen molar-refractivity contribution >= 4 is 6.29 Å². The average Bonchev–Trinajstić information content (AvgIpc) is 2.92. The van der Waals surface area contributed by atoms with E-state index in [1.54, 1.807) is 7.11 Å². The second-order valence-corrected chi connectivity index (χ2v) is 5.20. The molecule has 1 aromatic heterocycles. The van der Waals surface area contributed by atoms with Gasteiger partial charge in [-0.25, -0.2) is 0 Å². The van der Waals surface area contributed by atoms with Crippen molar-refractivity contribution < 1.29 is 9.53 Å². The molecule has 1 aromatic carbocycles. The highest BCUT2D eigenvalue weighted by atomic mass is 16.5. The van der Waals surface area contributed by atoms with Gasteiger partial charge in [-0.2, -0.15) is 5.10 Å². The third kappa shape index (κ3) is 2.99. The van der Waals surface area contributed by atoms with Crippen LogP contribution >= 0.6 is 0 Å². The van der Waals surface area contributed by atoms with Gasteiger partial charge < -0.3 is 4.74 Å². The summed E-state index contributed by atoms with van der Waals surface area (Å²) in [4.78, 5) is 11.4. The maximum Gasteiger partial charge on any atom is 0.153 e. The average molecular weight is 286 g/mol. The zero-order valence-electron chi connectivity index (χ0n) is 13.1. The Bertz CT molecular complexity index is 628. The maximum atomic E-state index is 11.4. The molecule has 2 aromatic rings. The summed E-state index contributed by atoms with van der Waals surface area (Å²) >= 11 is 0. The number of benzene rings is 1. The molecule has 0 radical (unpaired) electrons. The Morgan fingerprint density at radius 2 is 2.05 bits per heavy atom. The van der Waals surface area contributed by atoms with Crippen LogP contribution in [0.5, 0.6) is 5.75 Å². The summed E-state index contributed by atoms with van der Waals surface area (Å²) in [6.45, 7) is 6.27. The van der Waals surface area contributed by atoms with Crippen molar-refractivity contribution in [3.63, 3.8) is 0 Å². The van der Waals surface area contributed by atoms with E-state index >= 15 is 0 Å². The number of hydrogen-bond donors (Lipinski definition) is 0. The van der Waals surface area contributed by atoms with E-state index in [1.807, 2.05) is 36.0 Å². The number of methoxy groups -OCH3 is 1. The molecule has 1 heterocycles. The molecule has 0 aliphatic heterocycles. The van der Waals surface area contributed by atoms with Crippen molar-refractivity contribution in [2.45, 2.75) is 39.7 Å². The molecular weight excluding hydrogens is 264 g/mol. The highest BCUT2D eigenvalue weighted by Gasteiger charge is 2.17. The lowest BCUT2D eigenvalue weighted by Crippen LogP contribution is -2.07. The van der Waals surface area contributed by atoms with Crippen LogP contribution in [0.25, 0.3) is 11.3 Å². The van der Waals surface area contributed by atoms with Gasteiger partial charge in [-0.3, -0.25) is 9.48 Å². The highest BCUT2D eigenvalue weighted by molar-refractivity contribution is 5.87. The van der Waals surface area contributed by atoms with Gasteiger partial charge in [0.1, 0.15) is 11.4 Å². The predicted molar refractivity (Wildman–Crippen MR) is 84.0 cm³/mol. The van der Waals surface area contributed by atoms with Crippen LogP contribution < -0.4 is 4.74 Å². The van der Waals surface area contributed by atoms with Crippen LogP contribution in [0.3, 0.4) is 0 Å². The summed E-state index contributed by atoms with van der Waals surface area (Å²) in [5, 5.41) is 4.65. The van der Waals surface area contributed by atoms with E-state index in [9.17, 15) is 4.79 Å². The maximum absolute atomic E-state index is 11.4. The SMILES string of the molecule is CCC(CC)n1cc(C=O)c(-c2cc(C)ccc2OC)n1. The van der Waals surface area contributed by atoms with Gasteiger partial charge in [0.25, 0.3) is 0 Å². The zero-order chi connectivity index (χ0) is 15.4. The van der Waals surface area contributed by atoms with Crippen molar-refractivity contribution in [2.24, 2.45) is 0 Å². The molecule has 0 bridgehead atoms. The molecule has 0 spiro atoms. The molecule has 0 saturated heterocycles. The van der Waals surface area contributed by atoms with Crippen LogP contribution in [0.1, 0.15) is 48.7 Å². The fraction of sp³-hybridized carbons (Fsp3) is 0.412. The number of hydrogen-bond acceptors (Lipinski definition) is 3. The lowest BCUT2D eigenvalue weighted by atomic mass is 10.0. The number of ether oxygens (including phenoxy) is 1. The van der Waals surface area contributed by atoms with Crippen LogP contribution in [0.4, 0.5) is 0 Å². The van der Waals surface area contributed by atoms with Crippen molar-refractivity contribution in [1.82, 2.24) is 9.78 Å². The molecule has 0 saturated carbocycles. The Morgan fingerprint density at radius 1 is 1.33 bits per heavy atom. The van der Waals surface area contributed by atoms with Crippen molar-refractivity contribution in [3.8, 4) is 17.0 Å². The first-order valence-corrected chi connectivity index (χ1v) is 7.33. The van der Waals surface area contributed by atoms with Crippen molar-refractivity contribution in [1.29, 1.82) is 0 Å². The van der Waals surface area contributed by atoms with Gasteiger partial charge in [0.05, 0.1) is 18.7 Å². The quantitative estimate of drug-likeness (QED) is 0.753. The normalized spacial score (nSPS) is 10.9. The Balaban J connectivity index is 2.58. The second-order valence-electron chi connectivity index (χ2n) is 5.20. The number of carbonyl (C=O) groups excluding carboxylic acids is 1. The van der Waals surface area contributed by atoms with Crippen LogP contribution in [-0.2, 0) is 0 Å². The lowest BCUT2D eigenvalue weighted by molar-refractivity contribution is 0.112. The fourth-order valence-corrected chi connectivity index (χ4v) is 2.56. The predicted octanol–water partition coefficient (Wildman–Crippen LogP) is 4.04. The first-order valence-electron chi connectivity index (χ1n) is 7.33. The number of nitrogens with zero attached hydrogens (tertiary/aromatic N) is 2. The minimum atomic E-state index is 0.313. The molecule has 4 nitrogen and oxygen atoms in total. The molecule has 0 atom stereocenters. The molecule has 21 heavy (non-hydrogen) atoms. The molecule has 0 fully saturated rings. The molecule has 0 amide bonds. The van der Waals surface area contributed by atoms with E-state index in [1.165, 1.54) is 0 Å². The summed E-state index contributed by atoms with van der Waals surface area (Å²) in [6.07, 6.45) is 4.67. The number of rotatable bonds is 6. The van der Waals surface area contributed by atoms with E-state index in [-0.39, 0.29) is 0 Å². The zero-order valence-corrected chi connectivity index (χ0v) is 13.1.